The van der Waals surface area contributed by atoms with Gasteiger partial charge in [0, 0.05) is 16.6 Å². The average Bonchev–Trinajstić information content (AvgIpc) is 2.83. The lowest BCUT2D eigenvalue weighted by atomic mass is 10.1. The molecular formula is C13H16N2OS. The predicted molar refractivity (Wildman–Crippen MR) is 71.7 cm³/mol. The number of rotatable bonds is 3. The number of hydrogen-bond acceptors (Lipinski definition) is 4. The molecule has 2 aromatic rings. The van der Waals surface area contributed by atoms with Crippen LogP contribution in [0.1, 0.15) is 29.8 Å². The molecule has 0 bridgehead atoms. The lowest BCUT2D eigenvalue weighted by molar-refractivity contribution is 0.467. The molecule has 0 saturated heterocycles. The van der Waals surface area contributed by atoms with Gasteiger partial charge in [-0.1, -0.05) is 6.07 Å². The topological polar surface area (TPSA) is 45.2 Å². The lowest BCUT2D eigenvalue weighted by Crippen LogP contribution is -2.08. The molecule has 0 spiro atoms. The molecule has 2 N–H and O–H groups in total. The van der Waals surface area contributed by atoms with Crippen LogP contribution in [0.5, 0.6) is 5.75 Å². The van der Waals surface area contributed by atoms with Crippen molar-refractivity contribution in [3.8, 4) is 5.75 Å². The highest BCUT2D eigenvalue weighted by Crippen LogP contribution is 2.30. The molecule has 90 valence electrons. The van der Waals surface area contributed by atoms with Crippen molar-refractivity contribution in [1.82, 2.24) is 4.98 Å². The van der Waals surface area contributed by atoms with Gasteiger partial charge in [0.05, 0.1) is 17.2 Å². The van der Waals surface area contributed by atoms with Gasteiger partial charge in [-0.05, 0) is 32.4 Å². The van der Waals surface area contributed by atoms with Gasteiger partial charge in [-0.3, -0.25) is 0 Å². The van der Waals surface area contributed by atoms with E-state index in [1.165, 1.54) is 0 Å². The first-order valence-electron chi connectivity index (χ1n) is 5.53. The summed E-state index contributed by atoms with van der Waals surface area (Å²) < 4.78 is 0. The maximum atomic E-state index is 9.88. The first-order valence-corrected chi connectivity index (χ1v) is 6.47. The molecule has 1 aromatic carbocycles. The smallest absolute Gasteiger partial charge is 0.123 e. The SMILES string of the molecule is Cc1ccc(NC(C)c2cscn2)c(C)c1O. The van der Waals surface area contributed by atoms with Crippen LogP contribution in [-0.2, 0) is 0 Å². The second-order valence-electron chi connectivity index (χ2n) is 4.18. The Hall–Kier alpha value is -1.55. The quantitative estimate of drug-likeness (QED) is 0.871. The number of aromatic nitrogens is 1. The van der Waals surface area contributed by atoms with Crippen LogP contribution < -0.4 is 5.32 Å². The van der Waals surface area contributed by atoms with E-state index in [1.807, 2.05) is 36.9 Å². The van der Waals surface area contributed by atoms with Crippen LogP contribution in [0.4, 0.5) is 5.69 Å². The third kappa shape index (κ3) is 2.42. The molecule has 0 saturated carbocycles. The van der Waals surface area contributed by atoms with Crippen molar-refractivity contribution >= 4 is 17.0 Å². The van der Waals surface area contributed by atoms with Crippen molar-refractivity contribution in [1.29, 1.82) is 0 Å². The first kappa shape index (κ1) is 11.9. The standard InChI is InChI=1S/C13H16N2OS/c1-8-4-5-11(9(2)13(8)16)15-10(3)12-6-17-7-14-12/h4-7,10,15-16H,1-3H3. The molecule has 0 amide bonds. The number of phenolic OH excluding ortho intramolecular Hbond substituents is 1. The number of aryl methyl sites for hydroxylation is 1. The Labute approximate surface area is 105 Å². The van der Waals surface area contributed by atoms with Gasteiger partial charge in [-0.25, -0.2) is 4.98 Å². The molecule has 0 aliphatic rings. The second kappa shape index (κ2) is 4.75. The van der Waals surface area contributed by atoms with Gasteiger partial charge in [0.25, 0.3) is 0 Å². The summed E-state index contributed by atoms with van der Waals surface area (Å²) in [5.41, 5.74) is 5.58. The minimum absolute atomic E-state index is 0.141. The second-order valence-corrected chi connectivity index (χ2v) is 4.90. The number of benzene rings is 1. The van der Waals surface area contributed by atoms with Crippen LogP contribution in [-0.4, -0.2) is 10.1 Å². The summed E-state index contributed by atoms with van der Waals surface area (Å²) in [6.45, 7) is 5.87. The maximum Gasteiger partial charge on any atom is 0.123 e. The molecule has 0 fully saturated rings. The number of nitrogens with one attached hydrogen (secondary N) is 1. The van der Waals surface area contributed by atoms with E-state index in [-0.39, 0.29) is 6.04 Å². The fraction of sp³-hybridized carbons (Fsp3) is 0.308. The molecule has 17 heavy (non-hydrogen) atoms. The summed E-state index contributed by atoms with van der Waals surface area (Å²) in [5, 5.41) is 15.3. The molecule has 1 atom stereocenters. The van der Waals surface area contributed by atoms with Crippen molar-refractivity contribution in [2.24, 2.45) is 0 Å². The third-order valence-electron chi connectivity index (χ3n) is 2.90. The van der Waals surface area contributed by atoms with E-state index in [2.05, 4.69) is 17.2 Å². The van der Waals surface area contributed by atoms with E-state index in [9.17, 15) is 5.11 Å². The summed E-state index contributed by atoms with van der Waals surface area (Å²) in [5.74, 6) is 0.362. The lowest BCUT2D eigenvalue weighted by Gasteiger charge is -2.16. The predicted octanol–water partition coefficient (Wildman–Crippen LogP) is 3.64. The highest BCUT2D eigenvalue weighted by Gasteiger charge is 2.11. The van der Waals surface area contributed by atoms with Gasteiger partial charge in [-0.15, -0.1) is 11.3 Å². The summed E-state index contributed by atoms with van der Waals surface area (Å²) in [4.78, 5) is 4.28. The van der Waals surface area contributed by atoms with Crippen LogP contribution in [0.25, 0.3) is 0 Å². The number of phenols is 1. The number of nitrogens with zero attached hydrogens (tertiary/aromatic N) is 1. The van der Waals surface area contributed by atoms with Crippen molar-refractivity contribution < 1.29 is 5.11 Å². The molecule has 1 aromatic heterocycles. The summed E-state index contributed by atoms with van der Waals surface area (Å²) in [6.07, 6.45) is 0. The number of hydrogen-bond donors (Lipinski definition) is 2. The Morgan fingerprint density at radius 2 is 2.12 bits per heavy atom. The molecule has 4 heteroatoms. The van der Waals surface area contributed by atoms with Crippen molar-refractivity contribution in [3.05, 3.63) is 39.8 Å². The molecule has 0 aliphatic carbocycles. The Morgan fingerprint density at radius 1 is 1.35 bits per heavy atom. The zero-order valence-corrected chi connectivity index (χ0v) is 11.0. The van der Waals surface area contributed by atoms with Crippen molar-refractivity contribution in [2.45, 2.75) is 26.8 Å². The van der Waals surface area contributed by atoms with Crippen molar-refractivity contribution in [3.63, 3.8) is 0 Å². The molecule has 2 rings (SSSR count). The number of thiazole rings is 1. The molecule has 3 nitrogen and oxygen atoms in total. The van der Waals surface area contributed by atoms with E-state index in [4.69, 9.17) is 0 Å². The molecule has 1 unspecified atom stereocenters. The Balaban J connectivity index is 2.22. The van der Waals surface area contributed by atoms with Gasteiger partial charge in [0.2, 0.25) is 0 Å². The Kier molecular flexibility index (Phi) is 3.33. The number of aromatic hydroxyl groups is 1. The van der Waals surface area contributed by atoms with Crippen LogP contribution in [0.15, 0.2) is 23.0 Å². The minimum atomic E-state index is 0.141. The van der Waals surface area contributed by atoms with Gasteiger partial charge < -0.3 is 10.4 Å². The summed E-state index contributed by atoms with van der Waals surface area (Å²) >= 11 is 1.59. The van der Waals surface area contributed by atoms with E-state index < -0.39 is 0 Å². The van der Waals surface area contributed by atoms with E-state index in [1.54, 1.807) is 11.3 Å². The zero-order chi connectivity index (χ0) is 12.4. The van der Waals surface area contributed by atoms with Crippen LogP contribution >= 0.6 is 11.3 Å². The van der Waals surface area contributed by atoms with Gasteiger partial charge in [-0.2, -0.15) is 0 Å². The van der Waals surface area contributed by atoms with Crippen LogP contribution in [0.3, 0.4) is 0 Å². The summed E-state index contributed by atoms with van der Waals surface area (Å²) in [7, 11) is 0. The van der Waals surface area contributed by atoms with E-state index in [0.29, 0.717) is 5.75 Å². The molecular weight excluding hydrogens is 232 g/mol. The number of anilines is 1. The Bertz CT molecular complexity index is 508. The average molecular weight is 248 g/mol. The monoisotopic (exact) mass is 248 g/mol. The zero-order valence-electron chi connectivity index (χ0n) is 10.2. The minimum Gasteiger partial charge on any atom is -0.507 e. The maximum absolute atomic E-state index is 9.88. The van der Waals surface area contributed by atoms with Crippen molar-refractivity contribution in [2.75, 3.05) is 5.32 Å². The highest BCUT2D eigenvalue weighted by atomic mass is 32.1. The first-order chi connectivity index (χ1) is 8.09. The molecule has 1 heterocycles. The van der Waals surface area contributed by atoms with Crippen LogP contribution in [0, 0.1) is 13.8 Å². The Morgan fingerprint density at radius 3 is 2.76 bits per heavy atom. The van der Waals surface area contributed by atoms with Gasteiger partial charge >= 0.3 is 0 Å². The van der Waals surface area contributed by atoms with E-state index >= 15 is 0 Å². The van der Waals surface area contributed by atoms with Gasteiger partial charge in [0.1, 0.15) is 5.75 Å². The fourth-order valence-corrected chi connectivity index (χ4v) is 2.38. The molecule has 0 radical (unpaired) electrons. The summed E-state index contributed by atoms with van der Waals surface area (Å²) in [6, 6.07) is 4.05. The van der Waals surface area contributed by atoms with E-state index in [0.717, 1.165) is 22.5 Å². The van der Waals surface area contributed by atoms with Crippen LogP contribution in [0.2, 0.25) is 0 Å². The largest absolute Gasteiger partial charge is 0.507 e. The normalized spacial score (nSPS) is 12.4. The van der Waals surface area contributed by atoms with Gasteiger partial charge in [0.15, 0.2) is 0 Å². The third-order valence-corrected chi connectivity index (χ3v) is 3.50. The fourth-order valence-electron chi connectivity index (χ4n) is 1.73. The highest BCUT2D eigenvalue weighted by molar-refractivity contribution is 7.07. The molecule has 0 aliphatic heterocycles.